The van der Waals surface area contributed by atoms with E-state index in [1.165, 1.54) is 6.07 Å². The fraction of sp³-hybridized carbons (Fsp3) is 0.571. The van der Waals surface area contributed by atoms with Gasteiger partial charge in [-0.15, -0.1) is 5.10 Å². The largest absolute Gasteiger partial charge is 0.405 e. The van der Waals surface area contributed by atoms with E-state index in [0.29, 0.717) is 5.82 Å². The Morgan fingerprint density at radius 1 is 1.60 bits per heavy atom. The van der Waals surface area contributed by atoms with Crippen molar-refractivity contribution in [1.29, 1.82) is 5.26 Å². The van der Waals surface area contributed by atoms with E-state index in [0.717, 1.165) is 11.8 Å². The summed E-state index contributed by atoms with van der Waals surface area (Å²) in [7, 11) is 0. The average molecular weight is 236 g/mol. The number of aryl methyl sites for hydroxylation is 1. The molecule has 1 atom stereocenters. The second kappa shape index (κ2) is 4.53. The molecule has 0 fully saturated rings. The molecule has 0 saturated heterocycles. The van der Waals surface area contributed by atoms with Gasteiger partial charge in [0.2, 0.25) is 5.16 Å². The molecule has 0 aliphatic rings. The van der Waals surface area contributed by atoms with Gasteiger partial charge in [-0.25, -0.2) is 4.98 Å². The lowest BCUT2D eigenvalue weighted by molar-refractivity contribution is -0.152. The van der Waals surface area contributed by atoms with Crippen molar-refractivity contribution in [1.82, 2.24) is 15.2 Å². The van der Waals surface area contributed by atoms with Gasteiger partial charge in [0, 0.05) is 5.75 Å². The van der Waals surface area contributed by atoms with Gasteiger partial charge in [-0.3, -0.25) is 5.10 Å². The third-order valence-electron chi connectivity index (χ3n) is 1.51. The highest BCUT2D eigenvalue weighted by molar-refractivity contribution is 7.99. The number of aromatic nitrogens is 3. The van der Waals surface area contributed by atoms with Crippen LogP contribution in [0.15, 0.2) is 5.16 Å². The zero-order valence-corrected chi connectivity index (χ0v) is 8.48. The summed E-state index contributed by atoms with van der Waals surface area (Å²) >= 11 is 0.805. The number of nitrogens with one attached hydrogen (secondary N) is 1. The summed E-state index contributed by atoms with van der Waals surface area (Å²) < 4.78 is 36.4. The SMILES string of the molecule is Cc1nc(SCC(C#N)C(F)(F)F)n[nH]1. The molecule has 1 aromatic heterocycles. The minimum absolute atomic E-state index is 0.219. The van der Waals surface area contributed by atoms with Gasteiger partial charge in [-0.1, -0.05) is 11.8 Å². The molecule has 1 heterocycles. The number of nitrogens with zero attached hydrogens (tertiary/aromatic N) is 3. The number of nitriles is 1. The topological polar surface area (TPSA) is 65.4 Å². The highest BCUT2D eigenvalue weighted by atomic mass is 32.2. The van der Waals surface area contributed by atoms with Gasteiger partial charge < -0.3 is 0 Å². The van der Waals surface area contributed by atoms with E-state index in [9.17, 15) is 13.2 Å². The molecule has 82 valence electrons. The van der Waals surface area contributed by atoms with E-state index < -0.39 is 17.8 Å². The molecule has 4 nitrogen and oxygen atoms in total. The van der Waals surface area contributed by atoms with E-state index in [1.54, 1.807) is 6.92 Å². The summed E-state index contributed by atoms with van der Waals surface area (Å²) in [6.07, 6.45) is -4.49. The van der Waals surface area contributed by atoms with Gasteiger partial charge in [0.05, 0.1) is 6.07 Å². The lowest BCUT2D eigenvalue weighted by Crippen LogP contribution is -2.23. The summed E-state index contributed by atoms with van der Waals surface area (Å²) in [5, 5.41) is 14.7. The smallest absolute Gasteiger partial charge is 0.262 e. The minimum atomic E-state index is -4.49. The van der Waals surface area contributed by atoms with Crippen molar-refractivity contribution in [2.24, 2.45) is 5.92 Å². The molecule has 1 rings (SSSR count). The van der Waals surface area contributed by atoms with Crippen LogP contribution in [-0.4, -0.2) is 27.1 Å². The molecule has 0 aromatic carbocycles. The Kier molecular flexibility index (Phi) is 3.57. The normalized spacial score (nSPS) is 13.5. The van der Waals surface area contributed by atoms with Crippen LogP contribution in [0, 0.1) is 24.2 Å². The first kappa shape index (κ1) is 11.8. The summed E-state index contributed by atoms with van der Waals surface area (Å²) in [4.78, 5) is 3.82. The highest BCUT2D eigenvalue weighted by Gasteiger charge is 2.39. The maximum atomic E-state index is 12.1. The van der Waals surface area contributed by atoms with Crippen molar-refractivity contribution in [3.63, 3.8) is 0 Å². The van der Waals surface area contributed by atoms with E-state index in [-0.39, 0.29) is 5.16 Å². The van der Waals surface area contributed by atoms with E-state index in [4.69, 9.17) is 5.26 Å². The van der Waals surface area contributed by atoms with Gasteiger partial charge >= 0.3 is 6.18 Å². The number of alkyl halides is 3. The van der Waals surface area contributed by atoms with E-state index in [1.807, 2.05) is 0 Å². The first-order valence-electron chi connectivity index (χ1n) is 3.91. The molecular formula is C7H7F3N4S. The number of H-pyrrole nitrogens is 1. The van der Waals surface area contributed by atoms with E-state index in [2.05, 4.69) is 15.2 Å². The molecule has 0 radical (unpaired) electrons. The van der Waals surface area contributed by atoms with Crippen molar-refractivity contribution in [2.75, 3.05) is 5.75 Å². The lowest BCUT2D eigenvalue weighted by atomic mass is 10.2. The first-order valence-corrected chi connectivity index (χ1v) is 4.90. The number of hydrogen-bond donors (Lipinski definition) is 1. The fourth-order valence-corrected chi connectivity index (χ4v) is 1.64. The van der Waals surface area contributed by atoms with Crippen molar-refractivity contribution < 1.29 is 13.2 Å². The predicted octanol–water partition coefficient (Wildman–Crippen LogP) is 1.91. The molecule has 0 aliphatic heterocycles. The summed E-state index contributed by atoms with van der Waals surface area (Å²) in [5.74, 6) is -1.85. The molecule has 15 heavy (non-hydrogen) atoms. The Labute approximate surface area is 87.9 Å². The molecule has 0 amide bonds. The van der Waals surface area contributed by atoms with Crippen LogP contribution in [0.5, 0.6) is 0 Å². The average Bonchev–Trinajstić information content (AvgIpc) is 2.50. The number of thioether (sulfide) groups is 1. The number of aromatic amines is 1. The van der Waals surface area contributed by atoms with Crippen molar-refractivity contribution in [3.05, 3.63) is 5.82 Å². The summed E-state index contributed by atoms with van der Waals surface area (Å²) in [5.41, 5.74) is 0. The lowest BCUT2D eigenvalue weighted by Gasteiger charge is -2.10. The third-order valence-corrected chi connectivity index (χ3v) is 2.45. The van der Waals surface area contributed by atoms with Crippen LogP contribution in [0.1, 0.15) is 5.82 Å². The predicted molar refractivity (Wildman–Crippen MR) is 47.0 cm³/mol. The quantitative estimate of drug-likeness (QED) is 0.814. The van der Waals surface area contributed by atoms with Crippen LogP contribution < -0.4 is 0 Å². The molecule has 1 N–H and O–H groups in total. The van der Waals surface area contributed by atoms with Gasteiger partial charge in [-0.2, -0.15) is 18.4 Å². The number of halogens is 3. The first-order chi connectivity index (χ1) is 6.93. The molecule has 0 aliphatic carbocycles. The van der Waals surface area contributed by atoms with E-state index >= 15 is 0 Å². The summed E-state index contributed by atoms with van der Waals surface area (Å²) in [6.45, 7) is 1.64. The second-order valence-corrected chi connectivity index (χ2v) is 3.72. The molecular weight excluding hydrogens is 229 g/mol. The Bertz CT molecular complexity index is 367. The zero-order chi connectivity index (χ0) is 11.5. The molecule has 1 unspecified atom stereocenters. The Morgan fingerprint density at radius 2 is 2.27 bits per heavy atom. The summed E-state index contributed by atoms with van der Waals surface area (Å²) in [6, 6.07) is 1.21. The maximum Gasteiger partial charge on any atom is 0.405 e. The zero-order valence-electron chi connectivity index (χ0n) is 7.67. The molecule has 1 aromatic rings. The number of hydrogen-bond acceptors (Lipinski definition) is 4. The monoisotopic (exact) mass is 236 g/mol. The van der Waals surface area contributed by atoms with Crippen LogP contribution in [-0.2, 0) is 0 Å². The van der Waals surface area contributed by atoms with Gasteiger partial charge in [0.1, 0.15) is 5.82 Å². The van der Waals surface area contributed by atoms with Crippen LogP contribution in [0.3, 0.4) is 0 Å². The standard InChI is InChI=1S/C7H7F3N4S/c1-4-12-6(14-13-4)15-3-5(2-11)7(8,9)10/h5H,3H2,1H3,(H,12,13,14). The Morgan fingerprint density at radius 3 is 2.67 bits per heavy atom. The van der Waals surface area contributed by atoms with Gasteiger partial charge in [0.25, 0.3) is 0 Å². The maximum absolute atomic E-state index is 12.1. The van der Waals surface area contributed by atoms with Crippen LogP contribution in [0.4, 0.5) is 13.2 Å². The third kappa shape index (κ3) is 3.43. The van der Waals surface area contributed by atoms with Crippen molar-refractivity contribution >= 4 is 11.8 Å². The fourth-order valence-electron chi connectivity index (χ4n) is 0.750. The molecule has 0 saturated carbocycles. The Balaban J connectivity index is 2.53. The molecule has 0 bridgehead atoms. The number of rotatable bonds is 3. The molecule has 8 heteroatoms. The van der Waals surface area contributed by atoms with Crippen LogP contribution in [0.25, 0.3) is 0 Å². The highest BCUT2D eigenvalue weighted by Crippen LogP contribution is 2.30. The van der Waals surface area contributed by atoms with Crippen LogP contribution in [0.2, 0.25) is 0 Å². The van der Waals surface area contributed by atoms with Crippen LogP contribution >= 0.6 is 11.8 Å². The van der Waals surface area contributed by atoms with Crippen molar-refractivity contribution in [3.8, 4) is 6.07 Å². The van der Waals surface area contributed by atoms with Crippen molar-refractivity contribution in [2.45, 2.75) is 18.3 Å². The Hall–Kier alpha value is -1.23. The van der Waals surface area contributed by atoms with Gasteiger partial charge in [0.15, 0.2) is 5.92 Å². The van der Waals surface area contributed by atoms with Gasteiger partial charge in [-0.05, 0) is 6.92 Å². The second-order valence-electron chi connectivity index (χ2n) is 2.74. The molecule has 0 spiro atoms. The minimum Gasteiger partial charge on any atom is -0.262 e.